The first-order chi connectivity index (χ1) is 18.2. The summed E-state index contributed by atoms with van der Waals surface area (Å²) in [6.07, 6.45) is 35.4. The maximum Gasteiger partial charge on any atom is 0.320 e. The lowest BCUT2D eigenvalue weighted by Gasteiger charge is -2.29. The van der Waals surface area contributed by atoms with E-state index in [0.717, 1.165) is 45.2 Å². The first-order valence-electron chi connectivity index (χ1n) is 17.1. The van der Waals surface area contributed by atoms with Gasteiger partial charge in [0, 0.05) is 0 Å². The van der Waals surface area contributed by atoms with Crippen LogP contribution in [0.5, 0.6) is 0 Å². The van der Waals surface area contributed by atoms with E-state index < -0.39 is 5.97 Å². The Hall–Kier alpha value is -0.570. The zero-order valence-electron chi connectivity index (χ0n) is 25.9. The molecule has 0 saturated carbocycles. The normalized spacial score (nSPS) is 12.4. The van der Waals surface area contributed by atoms with E-state index in [1.54, 1.807) is 0 Å². The van der Waals surface area contributed by atoms with Crippen molar-refractivity contribution in [2.45, 2.75) is 200 Å². The average molecular weight is 524 g/mol. The molecule has 0 fully saturated rings. The van der Waals surface area contributed by atoms with Crippen LogP contribution in [0.1, 0.15) is 194 Å². The van der Waals surface area contributed by atoms with Gasteiger partial charge in [-0.2, -0.15) is 0 Å². The smallest absolute Gasteiger partial charge is 0.320 e. The molecule has 0 aromatic heterocycles. The molecule has 0 rings (SSSR count). The van der Waals surface area contributed by atoms with Crippen molar-refractivity contribution in [2.24, 2.45) is 0 Å². The molecule has 3 heteroatoms. The van der Waals surface area contributed by atoms with Crippen LogP contribution in [-0.4, -0.2) is 35.1 Å². The fourth-order valence-corrected chi connectivity index (χ4v) is 5.59. The van der Waals surface area contributed by atoms with Gasteiger partial charge in [-0.25, -0.2) is 0 Å². The van der Waals surface area contributed by atoms with Gasteiger partial charge < -0.3 is 5.11 Å². The molecule has 0 amide bonds. The van der Waals surface area contributed by atoms with E-state index in [2.05, 4.69) is 25.7 Å². The van der Waals surface area contributed by atoms with Crippen LogP contribution in [-0.2, 0) is 4.79 Å². The van der Waals surface area contributed by atoms with Crippen LogP contribution in [0.3, 0.4) is 0 Å². The highest BCUT2D eigenvalue weighted by atomic mass is 16.4. The van der Waals surface area contributed by atoms with Gasteiger partial charge in [0.2, 0.25) is 0 Å². The Morgan fingerprint density at radius 3 is 1.00 bits per heavy atom. The Bertz CT molecular complexity index is 425. The number of hydrogen-bond donors (Lipinski definition) is 1. The van der Waals surface area contributed by atoms with Crippen molar-refractivity contribution in [1.29, 1.82) is 0 Å². The van der Waals surface area contributed by atoms with E-state index in [0.29, 0.717) is 0 Å². The molecule has 0 aromatic rings. The predicted molar refractivity (Wildman–Crippen MR) is 165 cm³/mol. The quantitative estimate of drug-likeness (QED) is 0.0918. The third kappa shape index (κ3) is 25.5. The Morgan fingerprint density at radius 1 is 0.459 bits per heavy atom. The molecule has 3 nitrogen and oxygen atoms in total. The van der Waals surface area contributed by atoms with Gasteiger partial charge in [0.15, 0.2) is 0 Å². The number of carbonyl (C=O) groups is 1. The van der Waals surface area contributed by atoms with Gasteiger partial charge in [-0.15, -0.1) is 0 Å². The Labute approximate surface area is 233 Å². The third-order valence-corrected chi connectivity index (χ3v) is 8.15. The summed E-state index contributed by atoms with van der Waals surface area (Å²) in [5, 5.41) is 9.91. The first-order valence-corrected chi connectivity index (χ1v) is 17.1. The van der Waals surface area contributed by atoms with Gasteiger partial charge in [-0.1, -0.05) is 175 Å². The minimum Gasteiger partial charge on any atom is -0.480 e. The highest BCUT2D eigenvalue weighted by molar-refractivity contribution is 5.73. The standard InChI is InChI=1S/C34H69NO2/c1-4-7-10-12-14-16-18-20-22-24-26-28-31-35(33(34(36)37)30-9-6-3)32-29-27-25-23-21-19-17-15-13-11-8-5-2/h33H,4-32H2,1-3H3,(H,36,37). The van der Waals surface area contributed by atoms with Crippen molar-refractivity contribution < 1.29 is 9.90 Å². The molecule has 0 aliphatic rings. The van der Waals surface area contributed by atoms with Crippen LogP contribution in [0.2, 0.25) is 0 Å². The molecule has 0 saturated heterocycles. The Morgan fingerprint density at radius 2 is 0.730 bits per heavy atom. The molecule has 1 unspecified atom stereocenters. The number of rotatable bonds is 31. The number of unbranched alkanes of at least 4 members (excludes halogenated alkanes) is 23. The van der Waals surface area contributed by atoms with Crippen molar-refractivity contribution in [2.75, 3.05) is 13.1 Å². The van der Waals surface area contributed by atoms with Crippen LogP contribution in [0.15, 0.2) is 0 Å². The lowest BCUT2D eigenvalue weighted by molar-refractivity contribution is -0.143. The molecule has 0 aromatic carbocycles. The van der Waals surface area contributed by atoms with E-state index in [4.69, 9.17) is 0 Å². The van der Waals surface area contributed by atoms with Crippen LogP contribution in [0.4, 0.5) is 0 Å². The summed E-state index contributed by atoms with van der Waals surface area (Å²) in [7, 11) is 0. The molecule has 1 N–H and O–H groups in total. The van der Waals surface area contributed by atoms with Crippen molar-refractivity contribution >= 4 is 5.97 Å². The summed E-state index contributed by atoms with van der Waals surface area (Å²) in [5.74, 6) is -0.605. The third-order valence-electron chi connectivity index (χ3n) is 8.15. The van der Waals surface area contributed by atoms with Crippen LogP contribution < -0.4 is 0 Å². The van der Waals surface area contributed by atoms with E-state index in [1.807, 2.05) is 0 Å². The van der Waals surface area contributed by atoms with Crippen LogP contribution in [0, 0.1) is 0 Å². The van der Waals surface area contributed by atoms with Gasteiger partial charge in [-0.05, 0) is 32.4 Å². The second-order valence-electron chi connectivity index (χ2n) is 11.8. The number of carboxylic acids is 1. The van der Waals surface area contributed by atoms with Gasteiger partial charge in [-0.3, -0.25) is 9.69 Å². The highest BCUT2D eigenvalue weighted by Crippen LogP contribution is 2.17. The Kier molecular flexibility index (Phi) is 29.5. The van der Waals surface area contributed by atoms with E-state index in [1.165, 1.54) is 141 Å². The summed E-state index contributed by atoms with van der Waals surface area (Å²) in [4.78, 5) is 14.4. The summed E-state index contributed by atoms with van der Waals surface area (Å²) in [5.41, 5.74) is 0. The van der Waals surface area contributed by atoms with Crippen LogP contribution in [0.25, 0.3) is 0 Å². The van der Waals surface area contributed by atoms with Gasteiger partial charge >= 0.3 is 5.97 Å². The first kappa shape index (κ1) is 36.4. The van der Waals surface area contributed by atoms with Gasteiger partial charge in [0.25, 0.3) is 0 Å². The molecule has 0 heterocycles. The lowest BCUT2D eigenvalue weighted by atomic mass is 10.0. The van der Waals surface area contributed by atoms with Crippen molar-refractivity contribution in [1.82, 2.24) is 4.90 Å². The van der Waals surface area contributed by atoms with E-state index >= 15 is 0 Å². The molecule has 0 spiro atoms. The molecule has 0 aliphatic carbocycles. The summed E-state index contributed by atoms with van der Waals surface area (Å²) in [6, 6.07) is -0.277. The van der Waals surface area contributed by atoms with Crippen LogP contribution >= 0.6 is 0 Å². The fourth-order valence-electron chi connectivity index (χ4n) is 5.59. The van der Waals surface area contributed by atoms with Crippen molar-refractivity contribution in [3.05, 3.63) is 0 Å². The molecule has 0 bridgehead atoms. The monoisotopic (exact) mass is 524 g/mol. The number of aliphatic carboxylic acids is 1. The predicted octanol–water partition coefficient (Wildman–Crippen LogP) is 11.3. The molecule has 1 atom stereocenters. The molecule has 37 heavy (non-hydrogen) atoms. The zero-order chi connectivity index (χ0) is 27.2. The van der Waals surface area contributed by atoms with Gasteiger partial charge in [0.05, 0.1) is 0 Å². The SMILES string of the molecule is CCCCCCCCCCCCCCN(CCCCCCCCCCCCCC)C(CCCC)C(=O)O. The Balaban J connectivity index is 4.02. The molecular formula is C34H69NO2. The summed E-state index contributed by atoms with van der Waals surface area (Å²) in [6.45, 7) is 8.67. The van der Waals surface area contributed by atoms with Gasteiger partial charge in [0.1, 0.15) is 6.04 Å². The largest absolute Gasteiger partial charge is 0.480 e. The number of hydrogen-bond acceptors (Lipinski definition) is 2. The average Bonchev–Trinajstić information content (AvgIpc) is 2.89. The molecule has 222 valence electrons. The number of carboxylic acid groups (broad SMARTS) is 1. The second-order valence-corrected chi connectivity index (χ2v) is 11.8. The van der Waals surface area contributed by atoms with E-state index in [9.17, 15) is 9.90 Å². The molecule has 0 aliphatic heterocycles. The molecular weight excluding hydrogens is 454 g/mol. The number of nitrogens with zero attached hydrogens (tertiary/aromatic N) is 1. The summed E-state index contributed by atoms with van der Waals surface area (Å²) >= 11 is 0. The highest BCUT2D eigenvalue weighted by Gasteiger charge is 2.24. The van der Waals surface area contributed by atoms with Crippen molar-refractivity contribution in [3.63, 3.8) is 0 Å². The zero-order valence-corrected chi connectivity index (χ0v) is 25.9. The fraction of sp³-hybridized carbons (Fsp3) is 0.971. The minimum absolute atomic E-state index is 0.277. The second kappa shape index (κ2) is 30.0. The summed E-state index contributed by atoms with van der Waals surface area (Å²) < 4.78 is 0. The maximum absolute atomic E-state index is 12.0. The maximum atomic E-state index is 12.0. The topological polar surface area (TPSA) is 40.5 Å². The lowest BCUT2D eigenvalue weighted by Crippen LogP contribution is -2.42. The van der Waals surface area contributed by atoms with E-state index in [-0.39, 0.29) is 6.04 Å². The minimum atomic E-state index is -0.605. The molecule has 0 radical (unpaired) electrons. The van der Waals surface area contributed by atoms with Crippen molar-refractivity contribution in [3.8, 4) is 0 Å².